The Labute approximate surface area is 122 Å². The molecule has 1 saturated heterocycles. The summed E-state index contributed by atoms with van der Waals surface area (Å²) in [4.78, 5) is 13.9. The molecule has 0 saturated carbocycles. The van der Waals surface area contributed by atoms with Gasteiger partial charge in [0, 0.05) is 18.7 Å². The van der Waals surface area contributed by atoms with Gasteiger partial charge in [-0.05, 0) is 50.9 Å². The van der Waals surface area contributed by atoms with Gasteiger partial charge in [-0.1, -0.05) is 0 Å². The van der Waals surface area contributed by atoms with Gasteiger partial charge in [0.25, 0.3) is 5.91 Å². The molecule has 1 amide bonds. The molecule has 1 unspecified atom stereocenters. The predicted octanol–water partition coefficient (Wildman–Crippen LogP) is 2.57. The van der Waals surface area contributed by atoms with Crippen molar-refractivity contribution in [2.45, 2.75) is 19.8 Å². The smallest absolute Gasteiger partial charge is 0.254 e. The first kappa shape index (κ1) is 15.8. The predicted molar refractivity (Wildman–Crippen MR) is 73.5 cm³/mol. The van der Waals surface area contributed by atoms with Crippen LogP contribution in [0.25, 0.3) is 0 Å². The van der Waals surface area contributed by atoms with Crippen LogP contribution >= 0.6 is 0 Å². The van der Waals surface area contributed by atoms with Gasteiger partial charge < -0.3 is 10.2 Å². The van der Waals surface area contributed by atoms with E-state index < -0.39 is 23.4 Å². The summed E-state index contributed by atoms with van der Waals surface area (Å²) in [6.45, 7) is 4.59. The molecular weight excluding hydrogens is 281 g/mol. The number of carbonyl (C=O) groups excluding carboxylic acids is 1. The molecule has 1 fully saturated rings. The lowest BCUT2D eigenvalue weighted by atomic mass is 9.98. The van der Waals surface area contributed by atoms with Crippen LogP contribution in [-0.2, 0) is 0 Å². The second-order valence-corrected chi connectivity index (χ2v) is 5.31. The summed E-state index contributed by atoms with van der Waals surface area (Å²) in [5, 5.41) is 3.26. The highest BCUT2D eigenvalue weighted by Crippen LogP contribution is 2.17. The van der Waals surface area contributed by atoms with E-state index in [1.54, 1.807) is 4.90 Å². The van der Waals surface area contributed by atoms with E-state index in [1.165, 1.54) is 0 Å². The Bertz CT molecular complexity index is 493. The minimum atomic E-state index is -1.55. The molecule has 0 radical (unpaired) electrons. The second-order valence-electron chi connectivity index (χ2n) is 5.31. The zero-order valence-electron chi connectivity index (χ0n) is 12.0. The van der Waals surface area contributed by atoms with Crippen LogP contribution in [0.15, 0.2) is 12.1 Å². The summed E-state index contributed by atoms with van der Waals surface area (Å²) in [6.07, 6.45) is 2.07. The Balaban J connectivity index is 2.12. The van der Waals surface area contributed by atoms with Crippen LogP contribution in [0.1, 0.15) is 30.1 Å². The Morgan fingerprint density at radius 3 is 2.52 bits per heavy atom. The first-order valence-corrected chi connectivity index (χ1v) is 7.17. The maximum Gasteiger partial charge on any atom is 0.254 e. The fraction of sp³-hybridized carbons (Fsp3) is 0.533. The Hall–Kier alpha value is -1.56. The summed E-state index contributed by atoms with van der Waals surface area (Å²) in [7, 11) is 0. The monoisotopic (exact) mass is 300 g/mol. The zero-order valence-corrected chi connectivity index (χ0v) is 12.0. The molecule has 1 heterocycles. The first-order chi connectivity index (χ1) is 10.0. The molecule has 1 aromatic carbocycles. The summed E-state index contributed by atoms with van der Waals surface area (Å²) in [5.74, 6) is -4.37. The SMILES string of the molecule is CCN(CC1CCCNC1)C(=O)c1cc(F)c(F)c(F)c1. The fourth-order valence-electron chi connectivity index (χ4n) is 2.61. The van der Waals surface area contributed by atoms with Crippen LogP contribution in [0.5, 0.6) is 0 Å². The van der Waals surface area contributed by atoms with Gasteiger partial charge >= 0.3 is 0 Å². The summed E-state index contributed by atoms with van der Waals surface area (Å²) < 4.78 is 39.4. The number of nitrogens with zero attached hydrogens (tertiary/aromatic N) is 1. The van der Waals surface area contributed by atoms with Gasteiger partial charge in [0.15, 0.2) is 17.5 Å². The summed E-state index contributed by atoms with van der Waals surface area (Å²) in [5.41, 5.74) is -0.156. The maximum absolute atomic E-state index is 13.2. The van der Waals surface area contributed by atoms with Gasteiger partial charge in [-0.15, -0.1) is 0 Å². The highest BCUT2D eigenvalue weighted by Gasteiger charge is 2.22. The highest BCUT2D eigenvalue weighted by molar-refractivity contribution is 5.94. The topological polar surface area (TPSA) is 32.3 Å². The van der Waals surface area contributed by atoms with E-state index in [0.717, 1.165) is 38.1 Å². The average molecular weight is 300 g/mol. The molecule has 6 heteroatoms. The molecule has 116 valence electrons. The van der Waals surface area contributed by atoms with Crippen molar-refractivity contribution in [2.75, 3.05) is 26.2 Å². The lowest BCUT2D eigenvalue weighted by molar-refractivity contribution is 0.0727. The molecule has 1 N–H and O–H groups in total. The van der Waals surface area contributed by atoms with Gasteiger partial charge in [0.05, 0.1) is 0 Å². The van der Waals surface area contributed by atoms with E-state index in [-0.39, 0.29) is 5.56 Å². The van der Waals surface area contributed by atoms with Crippen LogP contribution in [0, 0.1) is 23.4 Å². The van der Waals surface area contributed by atoms with Gasteiger partial charge in [-0.2, -0.15) is 0 Å². The van der Waals surface area contributed by atoms with Crippen molar-refractivity contribution >= 4 is 5.91 Å². The third-order valence-electron chi connectivity index (χ3n) is 3.78. The molecule has 1 aliphatic heterocycles. The van der Waals surface area contributed by atoms with Crippen LogP contribution in [0.3, 0.4) is 0 Å². The molecule has 21 heavy (non-hydrogen) atoms. The van der Waals surface area contributed by atoms with Crippen LogP contribution in [0.2, 0.25) is 0 Å². The number of piperidine rings is 1. The number of nitrogens with one attached hydrogen (secondary N) is 1. The largest absolute Gasteiger partial charge is 0.339 e. The number of benzene rings is 1. The average Bonchev–Trinajstić information content (AvgIpc) is 2.50. The zero-order chi connectivity index (χ0) is 15.4. The molecule has 1 aliphatic rings. The number of carbonyl (C=O) groups is 1. The van der Waals surface area contributed by atoms with E-state index in [0.29, 0.717) is 19.0 Å². The maximum atomic E-state index is 13.2. The van der Waals surface area contributed by atoms with Crippen molar-refractivity contribution in [1.29, 1.82) is 0 Å². The van der Waals surface area contributed by atoms with Crippen LogP contribution < -0.4 is 5.32 Å². The summed E-state index contributed by atoms with van der Waals surface area (Å²) in [6, 6.07) is 1.51. The molecule has 0 aromatic heterocycles. The van der Waals surface area contributed by atoms with Crippen molar-refractivity contribution in [3.05, 3.63) is 35.1 Å². The van der Waals surface area contributed by atoms with Gasteiger partial charge in [0.2, 0.25) is 0 Å². The Morgan fingerprint density at radius 1 is 1.33 bits per heavy atom. The number of halogens is 3. The lowest BCUT2D eigenvalue weighted by Crippen LogP contribution is -2.41. The minimum Gasteiger partial charge on any atom is -0.339 e. The third kappa shape index (κ3) is 3.75. The van der Waals surface area contributed by atoms with Crippen molar-refractivity contribution in [3.8, 4) is 0 Å². The minimum absolute atomic E-state index is 0.156. The van der Waals surface area contributed by atoms with Crippen molar-refractivity contribution in [1.82, 2.24) is 10.2 Å². The number of hydrogen-bond donors (Lipinski definition) is 1. The molecule has 0 bridgehead atoms. The van der Waals surface area contributed by atoms with Crippen molar-refractivity contribution in [2.24, 2.45) is 5.92 Å². The van der Waals surface area contributed by atoms with E-state index in [4.69, 9.17) is 0 Å². The van der Waals surface area contributed by atoms with E-state index >= 15 is 0 Å². The third-order valence-corrected chi connectivity index (χ3v) is 3.78. The number of rotatable bonds is 4. The van der Waals surface area contributed by atoms with Crippen LogP contribution in [0.4, 0.5) is 13.2 Å². The molecule has 0 aliphatic carbocycles. The van der Waals surface area contributed by atoms with Gasteiger partial charge in [-0.25, -0.2) is 13.2 Å². The first-order valence-electron chi connectivity index (χ1n) is 7.17. The normalized spacial score (nSPS) is 18.6. The standard InChI is InChI=1S/C15H19F3N2O/c1-2-20(9-10-4-3-5-19-8-10)15(21)11-6-12(16)14(18)13(17)7-11/h6-7,10,19H,2-5,8-9H2,1H3. The van der Waals surface area contributed by atoms with E-state index in [1.807, 2.05) is 6.92 Å². The molecule has 1 aromatic rings. The second kappa shape index (κ2) is 6.93. The van der Waals surface area contributed by atoms with Crippen molar-refractivity contribution < 1.29 is 18.0 Å². The van der Waals surface area contributed by atoms with Gasteiger partial charge in [-0.3, -0.25) is 4.79 Å². The fourth-order valence-corrected chi connectivity index (χ4v) is 2.61. The van der Waals surface area contributed by atoms with Crippen molar-refractivity contribution in [3.63, 3.8) is 0 Å². The summed E-state index contributed by atoms with van der Waals surface area (Å²) >= 11 is 0. The molecular formula is C15H19F3N2O. The Morgan fingerprint density at radius 2 is 2.00 bits per heavy atom. The van der Waals surface area contributed by atoms with E-state index in [2.05, 4.69) is 5.32 Å². The molecule has 1 atom stereocenters. The molecule has 3 nitrogen and oxygen atoms in total. The lowest BCUT2D eigenvalue weighted by Gasteiger charge is -2.29. The van der Waals surface area contributed by atoms with Gasteiger partial charge in [0.1, 0.15) is 0 Å². The highest BCUT2D eigenvalue weighted by atomic mass is 19.2. The molecule has 0 spiro atoms. The Kier molecular flexibility index (Phi) is 5.22. The molecule has 2 rings (SSSR count). The number of hydrogen-bond acceptors (Lipinski definition) is 2. The van der Waals surface area contributed by atoms with Crippen LogP contribution in [-0.4, -0.2) is 37.0 Å². The van der Waals surface area contributed by atoms with E-state index in [9.17, 15) is 18.0 Å². The quantitative estimate of drug-likeness (QED) is 0.867. The number of amides is 1.